The monoisotopic (exact) mass is 154 g/mol. The molecule has 1 heterocycles. The molecule has 11 heavy (non-hydrogen) atoms. The van der Waals surface area contributed by atoms with E-state index in [2.05, 4.69) is 15.6 Å². The van der Waals surface area contributed by atoms with Crippen molar-refractivity contribution < 1.29 is 0 Å². The molecule has 0 aromatic rings. The highest BCUT2D eigenvalue weighted by Gasteiger charge is 2.26. The Morgan fingerprint density at radius 2 is 2.36 bits per heavy atom. The molecule has 0 aromatic carbocycles. The van der Waals surface area contributed by atoms with Crippen LogP contribution >= 0.6 is 0 Å². The summed E-state index contributed by atoms with van der Waals surface area (Å²) in [5.74, 6) is 0.960. The lowest BCUT2D eigenvalue weighted by Crippen LogP contribution is -2.52. The van der Waals surface area contributed by atoms with Crippen LogP contribution < -0.4 is 16.4 Å². The summed E-state index contributed by atoms with van der Waals surface area (Å²) in [5.41, 5.74) is 5.64. The van der Waals surface area contributed by atoms with E-state index in [0.29, 0.717) is 12.1 Å². The second-order valence-electron chi connectivity index (χ2n) is 3.23. The summed E-state index contributed by atoms with van der Waals surface area (Å²) in [4.78, 5) is 4.24. The topological polar surface area (TPSA) is 62.4 Å². The van der Waals surface area contributed by atoms with Crippen LogP contribution in [-0.2, 0) is 0 Å². The summed E-state index contributed by atoms with van der Waals surface area (Å²) in [7, 11) is 0. The van der Waals surface area contributed by atoms with Crippen LogP contribution in [0.3, 0.4) is 0 Å². The van der Waals surface area contributed by atoms with Crippen LogP contribution in [0.4, 0.5) is 0 Å². The fourth-order valence-corrected chi connectivity index (χ4v) is 1.47. The molecule has 1 aliphatic heterocycles. The maximum absolute atomic E-state index is 5.64. The fourth-order valence-electron chi connectivity index (χ4n) is 1.47. The van der Waals surface area contributed by atoms with Gasteiger partial charge in [-0.05, 0) is 12.8 Å². The number of nitrogens with two attached hydrogens (primary N) is 1. The van der Waals surface area contributed by atoms with E-state index in [9.17, 15) is 0 Å². The highest BCUT2D eigenvalue weighted by molar-refractivity contribution is 5.81. The first-order valence-electron chi connectivity index (χ1n) is 4.15. The van der Waals surface area contributed by atoms with Gasteiger partial charge in [0.1, 0.15) is 0 Å². The van der Waals surface area contributed by atoms with E-state index in [1.807, 2.05) is 0 Å². The van der Waals surface area contributed by atoms with Crippen molar-refractivity contribution in [3.63, 3.8) is 0 Å². The average Bonchev–Trinajstić information content (AvgIpc) is 2.36. The standard InChI is InChI=1S/C7H14N4/c8-5-3-6(4-5)11-7-9-1-2-10-7/h5-6H,1-4,8H2,(H2,9,10,11). The molecule has 0 radical (unpaired) electrons. The van der Waals surface area contributed by atoms with E-state index in [0.717, 1.165) is 31.9 Å². The van der Waals surface area contributed by atoms with Crippen molar-refractivity contribution in [3.8, 4) is 0 Å². The molecule has 0 saturated heterocycles. The lowest BCUT2D eigenvalue weighted by atomic mass is 9.88. The number of rotatable bonds is 1. The van der Waals surface area contributed by atoms with Crippen LogP contribution in [0, 0.1) is 0 Å². The van der Waals surface area contributed by atoms with Crippen molar-refractivity contribution in [1.82, 2.24) is 10.6 Å². The maximum Gasteiger partial charge on any atom is 0.191 e. The smallest absolute Gasteiger partial charge is 0.191 e. The van der Waals surface area contributed by atoms with E-state index in [1.54, 1.807) is 0 Å². The first kappa shape index (κ1) is 6.91. The zero-order chi connectivity index (χ0) is 7.68. The van der Waals surface area contributed by atoms with Crippen molar-refractivity contribution in [3.05, 3.63) is 0 Å². The molecule has 0 atom stereocenters. The van der Waals surface area contributed by atoms with Gasteiger partial charge >= 0.3 is 0 Å². The Balaban J connectivity index is 1.74. The van der Waals surface area contributed by atoms with Crippen LogP contribution in [0.25, 0.3) is 0 Å². The summed E-state index contributed by atoms with van der Waals surface area (Å²) in [5, 5.41) is 6.47. The van der Waals surface area contributed by atoms with E-state index in [1.165, 1.54) is 0 Å². The molecule has 0 aromatic heterocycles. The van der Waals surface area contributed by atoms with Gasteiger partial charge in [-0.15, -0.1) is 0 Å². The van der Waals surface area contributed by atoms with Gasteiger partial charge in [-0.2, -0.15) is 0 Å². The van der Waals surface area contributed by atoms with Gasteiger partial charge in [-0.1, -0.05) is 0 Å². The number of hydrogen-bond acceptors (Lipinski definition) is 4. The van der Waals surface area contributed by atoms with Crippen LogP contribution in [0.1, 0.15) is 12.8 Å². The second-order valence-corrected chi connectivity index (χ2v) is 3.23. The van der Waals surface area contributed by atoms with Crippen molar-refractivity contribution in [2.24, 2.45) is 10.7 Å². The first-order valence-corrected chi connectivity index (χ1v) is 4.15. The minimum atomic E-state index is 0.412. The first-order chi connectivity index (χ1) is 5.34. The molecule has 2 rings (SSSR count). The van der Waals surface area contributed by atoms with Gasteiger partial charge in [0.05, 0.1) is 6.54 Å². The number of guanidine groups is 1. The Morgan fingerprint density at radius 3 is 2.91 bits per heavy atom. The average molecular weight is 154 g/mol. The highest BCUT2D eigenvalue weighted by Crippen LogP contribution is 2.16. The minimum absolute atomic E-state index is 0.412. The molecule has 2 aliphatic rings. The van der Waals surface area contributed by atoms with Crippen molar-refractivity contribution in [2.45, 2.75) is 24.9 Å². The third kappa shape index (κ3) is 1.45. The van der Waals surface area contributed by atoms with Crippen molar-refractivity contribution >= 4 is 5.96 Å². The molecule has 0 spiro atoms. The van der Waals surface area contributed by atoms with Gasteiger partial charge in [0.2, 0.25) is 0 Å². The van der Waals surface area contributed by atoms with E-state index in [4.69, 9.17) is 5.73 Å². The van der Waals surface area contributed by atoms with Gasteiger partial charge in [0, 0.05) is 18.6 Å². The zero-order valence-corrected chi connectivity index (χ0v) is 6.51. The van der Waals surface area contributed by atoms with Crippen molar-refractivity contribution in [1.29, 1.82) is 0 Å². The van der Waals surface area contributed by atoms with Gasteiger partial charge in [-0.25, -0.2) is 0 Å². The maximum atomic E-state index is 5.64. The third-order valence-electron chi connectivity index (χ3n) is 2.19. The van der Waals surface area contributed by atoms with Crippen LogP contribution in [0.15, 0.2) is 4.99 Å². The van der Waals surface area contributed by atoms with E-state index in [-0.39, 0.29) is 0 Å². The van der Waals surface area contributed by atoms with Gasteiger partial charge in [-0.3, -0.25) is 4.99 Å². The molecule has 0 amide bonds. The molecule has 1 aliphatic carbocycles. The molecule has 62 valence electrons. The van der Waals surface area contributed by atoms with Crippen LogP contribution in [0.5, 0.6) is 0 Å². The molecule has 0 unspecified atom stereocenters. The van der Waals surface area contributed by atoms with Gasteiger partial charge in [0.25, 0.3) is 0 Å². The number of hydrogen-bond donors (Lipinski definition) is 3. The summed E-state index contributed by atoms with van der Waals surface area (Å²) < 4.78 is 0. The van der Waals surface area contributed by atoms with E-state index < -0.39 is 0 Å². The van der Waals surface area contributed by atoms with Crippen molar-refractivity contribution in [2.75, 3.05) is 13.1 Å². The lowest BCUT2D eigenvalue weighted by molar-refractivity contribution is 0.323. The number of aliphatic imine (C=N–C) groups is 1. The van der Waals surface area contributed by atoms with Gasteiger partial charge in [0.15, 0.2) is 5.96 Å². The molecule has 0 bridgehead atoms. The Morgan fingerprint density at radius 1 is 1.55 bits per heavy atom. The molecule has 1 fully saturated rings. The normalized spacial score (nSPS) is 35.5. The summed E-state index contributed by atoms with van der Waals surface area (Å²) in [6, 6.07) is 0.976. The fraction of sp³-hybridized carbons (Fsp3) is 0.857. The SMILES string of the molecule is NC1CC(NC2=NCCN2)C1. The Kier molecular flexibility index (Phi) is 1.69. The summed E-state index contributed by atoms with van der Waals surface area (Å²) >= 11 is 0. The second kappa shape index (κ2) is 2.70. The largest absolute Gasteiger partial charge is 0.355 e. The zero-order valence-electron chi connectivity index (χ0n) is 6.51. The Hall–Kier alpha value is -0.770. The molecule has 4 heteroatoms. The number of nitrogens with zero attached hydrogens (tertiary/aromatic N) is 1. The summed E-state index contributed by atoms with van der Waals surface area (Å²) in [6.45, 7) is 1.88. The minimum Gasteiger partial charge on any atom is -0.355 e. The predicted octanol–water partition coefficient (Wildman–Crippen LogP) is -0.975. The van der Waals surface area contributed by atoms with E-state index >= 15 is 0 Å². The Labute approximate surface area is 66.3 Å². The Bertz CT molecular complexity index is 171. The lowest BCUT2D eigenvalue weighted by Gasteiger charge is -2.33. The predicted molar refractivity (Wildman–Crippen MR) is 44.4 cm³/mol. The van der Waals surface area contributed by atoms with Crippen LogP contribution in [0.2, 0.25) is 0 Å². The molecular formula is C7H14N4. The van der Waals surface area contributed by atoms with Gasteiger partial charge < -0.3 is 16.4 Å². The van der Waals surface area contributed by atoms with Crippen LogP contribution in [-0.4, -0.2) is 31.1 Å². The quantitative estimate of drug-likeness (QED) is 0.455. The molecule has 4 nitrogen and oxygen atoms in total. The highest BCUT2D eigenvalue weighted by atomic mass is 15.2. The summed E-state index contributed by atoms with van der Waals surface area (Å²) in [6.07, 6.45) is 2.17. The molecule has 1 saturated carbocycles. The third-order valence-corrected chi connectivity index (χ3v) is 2.19. The molecule has 4 N–H and O–H groups in total. The number of nitrogens with one attached hydrogen (secondary N) is 2. The molecular weight excluding hydrogens is 140 g/mol.